The number of para-hydroxylation sites is 1. The van der Waals surface area contributed by atoms with E-state index in [-0.39, 0.29) is 12.2 Å². The standard InChI is InChI=1S/C30H25ClN2O4S/c1-3-36-29(35)26-19(2)32-30-33(27(26)20-11-5-4-6-12-20)28(34)25(38-30)17-21-13-8-10-16-24(21)37-18-22-14-7-9-15-23(22)31/h4-17,27H,3,18H2,1-2H3/b25-17-. The van der Waals surface area contributed by atoms with Gasteiger partial charge < -0.3 is 9.47 Å². The second-order valence-electron chi connectivity index (χ2n) is 8.63. The van der Waals surface area contributed by atoms with Crippen LogP contribution in [0, 0.1) is 0 Å². The molecule has 6 nitrogen and oxygen atoms in total. The maximum atomic E-state index is 13.8. The Labute approximate surface area is 228 Å². The van der Waals surface area contributed by atoms with Crippen molar-refractivity contribution in [2.45, 2.75) is 26.5 Å². The molecule has 5 rings (SSSR count). The van der Waals surface area contributed by atoms with Crippen LogP contribution in [-0.2, 0) is 16.1 Å². The summed E-state index contributed by atoms with van der Waals surface area (Å²) in [5.41, 5.74) is 3.09. The fourth-order valence-electron chi connectivity index (χ4n) is 4.39. The summed E-state index contributed by atoms with van der Waals surface area (Å²) in [5.74, 6) is 0.149. The molecule has 1 atom stereocenters. The van der Waals surface area contributed by atoms with Crippen LogP contribution in [0.5, 0.6) is 5.75 Å². The number of halogens is 1. The Morgan fingerprint density at radius 3 is 2.53 bits per heavy atom. The van der Waals surface area contributed by atoms with E-state index in [9.17, 15) is 9.59 Å². The Kier molecular flexibility index (Phi) is 7.58. The highest BCUT2D eigenvalue weighted by Crippen LogP contribution is 2.30. The molecule has 0 saturated carbocycles. The number of benzene rings is 3. The highest BCUT2D eigenvalue weighted by molar-refractivity contribution is 7.07. The minimum absolute atomic E-state index is 0.229. The summed E-state index contributed by atoms with van der Waals surface area (Å²) in [6.45, 7) is 4.05. The third kappa shape index (κ3) is 5.08. The number of ether oxygens (including phenoxy) is 2. The molecule has 1 aliphatic heterocycles. The third-order valence-corrected chi connectivity index (χ3v) is 7.53. The largest absolute Gasteiger partial charge is 0.488 e. The van der Waals surface area contributed by atoms with E-state index in [2.05, 4.69) is 4.99 Å². The number of nitrogens with zero attached hydrogens (tertiary/aromatic N) is 2. The van der Waals surface area contributed by atoms with Crippen LogP contribution in [0.3, 0.4) is 0 Å². The lowest BCUT2D eigenvalue weighted by Gasteiger charge is -2.24. The zero-order valence-electron chi connectivity index (χ0n) is 20.9. The lowest BCUT2D eigenvalue weighted by atomic mass is 9.96. The molecule has 192 valence electrons. The van der Waals surface area contributed by atoms with Crippen LogP contribution >= 0.6 is 22.9 Å². The number of fused-ring (bicyclic) bond motifs is 1. The van der Waals surface area contributed by atoms with Crippen molar-refractivity contribution in [3.05, 3.63) is 132 Å². The Balaban J connectivity index is 1.59. The predicted molar refractivity (Wildman–Crippen MR) is 149 cm³/mol. The average Bonchev–Trinajstić information content (AvgIpc) is 3.22. The number of hydrogen-bond acceptors (Lipinski definition) is 6. The van der Waals surface area contributed by atoms with E-state index in [0.29, 0.717) is 38.0 Å². The maximum Gasteiger partial charge on any atom is 0.338 e. The van der Waals surface area contributed by atoms with Gasteiger partial charge in [-0.3, -0.25) is 9.36 Å². The summed E-state index contributed by atoms with van der Waals surface area (Å²) in [6, 6.07) is 23.9. The van der Waals surface area contributed by atoms with E-state index >= 15 is 0 Å². The normalized spacial score (nSPS) is 15.1. The molecule has 0 aliphatic carbocycles. The summed E-state index contributed by atoms with van der Waals surface area (Å²) < 4.78 is 13.5. The van der Waals surface area contributed by atoms with Crippen LogP contribution in [0.15, 0.2) is 99.9 Å². The van der Waals surface area contributed by atoms with Crippen molar-refractivity contribution in [2.75, 3.05) is 6.61 Å². The average molecular weight is 545 g/mol. The number of allylic oxidation sites excluding steroid dienone is 1. The first kappa shape index (κ1) is 25.7. The predicted octanol–water partition coefficient (Wildman–Crippen LogP) is 5.03. The topological polar surface area (TPSA) is 69.9 Å². The van der Waals surface area contributed by atoms with Crippen molar-refractivity contribution in [2.24, 2.45) is 4.99 Å². The second-order valence-corrected chi connectivity index (χ2v) is 10.0. The fraction of sp³-hybridized carbons (Fsp3) is 0.167. The quantitative estimate of drug-likeness (QED) is 0.306. The molecule has 0 saturated heterocycles. The van der Waals surface area contributed by atoms with Gasteiger partial charge in [0.25, 0.3) is 5.56 Å². The zero-order valence-corrected chi connectivity index (χ0v) is 22.5. The molecular formula is C30H25ClN2O4S. The van der Waals surface area contributed by atoms with Gasteiger partial charge >= 0.3 is 5.97 Å². The van der Waals surface area contributed by atoms with Crippen molar-refractivity contribution >= 4 is 35.0 Å². The minimum atomic E-state index is -0.639. The zero-order chi connectivity index (χ0) is 26.6. The number of carbonyl (C=O) groups excluding carboxylic acids is 1. The SMILES string of the molecule is CCOC(=O)C1=C(C)N=c2s/c(=C\c3ccccc3OCc3ccccc3Cl)c(=O)n2C1c1ccccc1. The Bertz CT molecular complexity index is 1710. The maximum absolute atomic E-state index is 13.8. The Morgan fingerprint density at radius 1 is 1.05 bits per heavy atom. The second kappa shape index (κ2) is 11.2. The van der Waals surface area contributed by atoms with Crippen LogP contribution < -0.4 is 19.6 Å². The van der Waals surface area contributed by atoms with E-state index < -0.39 is 12.0 Å². The van der Waals surface area contributed by atoms with Gasteiger partial charge in [0.15, 0.2) is 4.80 Å². The summed E-state index contributed by atoms with van der Waals surface area (Å²) in [6.07, 6.45) is 1.80. The molecule has 0 radical (unpaired) electrons. The molecule has 1 aliphatic rings. The van der Waals surface area contributed by atoms with Gasteiger partial charge in [-0.15, -0.1) is 0 Å². The summed E-state index contributed by atoms with van der Waals surface area (Å²) in [7, 11) is 0. The summed E-state index contributed by atoms with van der Waals surface area (Å²) in [5, 5.41) is 0.631. The van der Waals surface area contributed by atoms with Crippen LogP contribution in [-0.4, -0.2) is 17.1 Å². The lowest BCUT2D eigenvalue weighted by Crippen LogP contribution is -2.39. The van der Waals surface area contributed by atoms with E-state index in [4.69, 9.17) is 21.1 Å². The first-order valence-electron chi connectivity index (χ1n) is 12.2. The third-order valence-electron chi connectivity index (χ3n) is 6.18. The molecule has 0 bridgehead atoms. The number of carbonyl (C=O) groups is 1. The highest BCUT2D eigenvalue weighted by Gasteiger charge is 2.33. The number of esters is 1. The van der Waals surface area contributed by atoms with Crippen molar-refractivity contribution in [1.29, 1.82) is 0 Å². The molecule has 0 fully saturated rings. The van der Waals surface area contributed by atoms with Crippen LogP contribution in [0.1, 0.15) is 36.6 Å². The van der Waals surface area contributed by atoms with Gasteiger partial charge in [0.05, 0.1) is 28.5 Å². The number of aromatic nitrogens is 1. The fourth-order valence-corrected chi connectivity index (χ4v) is 5.61. The smallest absolute Gasteiger partial charge is 0.338 e. The molecule has 1 aromatic heterocycles. The molecule has 1 unspecified atom stereocenters. The van der Waals surface area contributed by atoms with Gasteiger partial charge in [0, 0.05) is 16.1 Å². The van der Waals surface area contributed by atoms with Crippen molar-refractivity contribution < 1.29 is 14.3 Å². The van der Waals surface area contributed by atoms with E-state index in [1.54, 1.807) is 24.5 Å². The van der Waals surface area contributed by atoms with Crippen molar-refractivity contribution in [3.63, 3.8) is 0 Å². The van der Waals surface area contributed by atoms with E-state index in [1.807, 2.05) is 78.9 Å². The molecule has 4 aromatic rings. The molecule has 0 N–H and O–H groups in total. The van der Waals surface area contributed by atoms with Gasteiger partial charge in [-0.05, 0) is 37.6 Å². The van der Waals surface area contributed by atoms with Gasteiger partial charge in [-0.2, -0.15) is 0 Å². The summed E-state index contributed by atoms with van der Waals surface area (Å²) in [4.78, 5) is 32.0. The molecule has 8 heteroatoms. The number of hydrogen-bond donors (Lipinski definition) is 0. The molecule has 0 amide bonds. The molecule has 3 aromatic carbocycles. The van der Waals surface area contributed by atoms with Gasteiger partial charge in [-0.1, -0.05) is 89.7 Å². The van der Waals surface area contributed by atoms with E-state index in [0.717, 1.165) is 16.7 Å². The highest BCUT2D eigenvalue weighted by atomic mass is 35.5. The minimum Gasteiger partial charge on any atom is -0.488 e. The number of thiazole rings is 1. The van der Waals surface area contributed by atoms with Gasteiger partial charge in [0.1, 0.15) is 12.4 Å². The molecule has 38 heavy (non-hydrogen) atoms. The Hall–Kier alpha value is -3.94. The first-order valence-corrected chi connectivity index (χ1v) is 13.4. The first-order chi connectivity index (χ1) is 18.5. The van der Waals surface area contributed by atoms with Crippen LogP contribution in [0.25, 0.3) is 6.08 Å². The lowest BCUT2D eigenvalue weighted by molar-refractivity contribution is -0.139. The molecule has 2 heterocycles. The van der Waals surface area contributed by atoms with Gasteiger partial charge in [-0.25, -0.2) is 9.79 Å². The van der Waals surface area contributed by atoms with Gasteiger partial charge in [0.2, 0.25) is 0 Å². The van der Waals surface area contributed by atoms with Crippen LogP contribution in [0.4, 0.5) is 0 Å². The monoisotopic (exact) mass is 544 g/mol. The van der Waals surface area contributed by atoms with E-state index in [1.165, 1.54) is 11.3 Å². The Morgan fingerprint density at radius 2 is 1.76 bits per heavy atom. The summed E-state index contributed by atoms with van der Waals surface area (Å²) >= 11 is 7.57. The van der Waals surface area contributed by atoms with Crippen LogP contribution in [0.2, 0.25) is 5.02 Å². The molecular weight excluding hydrogens is 520 g/mol. The number of rotatable bonds is 7. The van der Waals surface area contributed by atoms with Crippen molar-refractivity contribution in [3.8, 4) is 5.75 Å². The molecule has 0 spiro atoms. The van der Waals surface area contributed by atoms with Crippen molar-refractivity contribution in [1.82, 2.24) is 4.57 Å².